The summed E-state index contributed by atoms with van der Waals surface area (Å²) >= 11 is 0. The molecule has 0 saturated heterocycles. The van der Waals surface area contributed by atoms with Crippen LogP contribution in [0.4, 0.5) is 13.2 Å². The van der Waals surface area contributed by atoms with Crippen molar-refractivity contribution in [3.63, 3.8) is 0 Å². The van der Waals surface area contributed by atoms with E-state index in [1.165, 1.54) is 6.92 Å². The van der Waals surface area contributed by atoms with E-state index in [1.807, 2.05) is 5.10 Å². The number of hydrogen-bond acceptors (Lipinski definition) is 5. The van der Waals surface area contributed by atoms with Gasteiger partial charge in [0.25, 0.3) is 0 Å². The van der Waals surface area contributed by atoms with Gasteiger partial charge in [-0.2, -0.15) is 18.3 Å². The molecule has 1 rings (SSSR count). The Morgan fingerprint density at radius 2 is 2.00 bits per heavy atom. The molecule has 1 heterocycles. The predicted molar refractivity (Wildman–Crippen MR) is 51.3 cm³/mol. The summed E-state index contributed by atoms with van der Waals surface area (Å²) in [5, 5.41) is 24.0. The van der Waals surface area contributed by atoms with Gasteiger partial charge in [-0.15, -0.1) is 0 Å². The highest BCUT2D eigenvalue weighted by molar-refractivity contribution is 5.75. The summed E-state index contributed by atoms with van der Waals surface area (Å²) in [5.74, 6) is -1.24. The number of H-pyrrole nitrogens is 1. The molecule has 1 aromatic rings. The van der Waals surface area contributed by atoms with Crippen LogP contribution in [-0.4, -0.2) is 39.6 Å². The number of esters is 1. The van der Waals surface area contributed by atoms with E-state index in [4.69, 9.17) is 0 Å². The molecular weight excluding hydrogens is 257 g/mol. The average molecular weight is 268 g/mol. The van der Waals surface area contributed by atoms with E-state index in [9.17, 15) is 28.2 Å². The largest absolute Gasteiger partial charge is 0.467 e. The number of aryl methyl sites for hydroxylation is 1. The summed E-state index contributed by atoms with van der Waals surface area (Å²) < 4.78 is 41.9. The highest BCUT2D eigenvalue weighted by Gasteiger charge is 2.42. The third-order valence-corrected chi connectivity index (χ3v) is 2.30. The maximum absolute atomic E-state index is 12.6. The first-order valence-electron chi connectivity index (χ1n) is 4.76. The summed E-state index contributed by atoms with van der Waals surface area (Å²) in [5.41, 5.74) is -2.16. The number of nitrogens with one attached hydrogen (secondary N) is 1. The number of methoxy groups -OCH3 is 1. The molecule has 0 bridgehead atoms. The monoisotopic (exact) mass is 268 g/mol. The van der Waals surface area contributed by atoms with E-state index >= 15 is 0 Å². The molecule has 2 atom stereocenters. The normalized spacial score (nSPS) is 15.3. The first-order chi connectivity index (χ1) is 8.20. The topological polar surface area (TPSA) is 95.4 Å². The zero-order valence-corrected chi connectivity index (χ0v) is 9.45. The molecule has 0 aliphatic rings. The number of alkyl halides is 3. The van der Waals surface area contributed by atoms with Gasteiger partial charge in [-0.1, -0.05) is 0 Å². The minimum Gasteiger partial charge on any atom is -0.467 e. The van der Waals surface area contributed by atoms with E-state index in [0.717, 1.165) is 7.11 Å². The number of carbonyl (C=O) groups is 1. The summed E-state index contributed by atoms with van der Waals surface area (Å²) in [6, 6.07) is 0. The Bertz CT molecular complexity index is 444. The minimum absolute atomic E-state index is 0.0993. The number of halogens is 3. The van der Waals surface area contributed by atoms with Crippen molar-refractivity contribution in [1.82, 2.24) is 10.2 Å². The second-order valence-corrected chi connectivity index (χ2v) is 3.52. The number of ether oxygens (including phenoxy) is 1. The van der Waals surface area contributed by atoms with E-state index in [-0.39, 0.29) is 5.69 Å². The fourth-order valence-corrected chi connectivity index (χ4v) is 1.42. The number of rotatable bonds is 3. The maximum atomic E-state index is 12.6. The number of aromatic amines is 1. The third-order valence-electron chi connectivity index (χ3n) is 2.30. The molecule has 0 aromatic carbocycles. The van der Waals surface area contributed by atoms with Crippen molar-refractivity contribution in [2.75, 3.05) is 7.11 Å². The minimum atomic E-state index is -4.81. The lowest BCUT2D eigenvalue weighted by atomic mass is 10.0. The molecule has 2 unspecified atom stereocenters. The van der Waals surface area contributed by atoms with Crippen molar-refractivity contribution >= 4 is 5.97 Å². The standard InChI is InChI=1S/C9H11F3N2O4/c1-3-4(5(15)6(16)8(17)18-2)7(14-13-3)9(10,11)12/h5-6,15-16H,1-2H3,(H,13,14). The number of aliphatic hydroxyl groups excluding tert-OH is 2. The van der Waals surface area contributed by atoms with Crippen molar-refractivity contribution in [1.29, 1.82) is 0 Å². The summed E-state index contributed by atoms with van der Waals surface area (Å²) in [7, 11) is 0.936. The second kappa shape index (κ2) is 4.94. The predicted octanol–water partition coefficient (Wildman–Crippen LogP) is 0.304. The highest BCUT2D eigenvalue weighted by atomic mass is 19.4. The number of hydrogen-bond donors (Lipinski definition) is 3. The van der Waals surface area contributed by atoms with Crippen molar-refractivity contribution in [2.45, 2.75) is 25.3 Å². The quantitative estimate of drug-likeness (QED) is 0.685. The van der Waals surface area contributed by atoms with Gasteiger partial charge in [0.05, 0.1) is 7.11 Å². The Hall–Kier alpha value is -1.61. The van der Waals surface area contributed by atoms with Crippen LogP contribution in [0.3, 0.4) is 0 Å². The fraction of sp³-hybridized carbons (Fsp3) is 0.556. The Balaban J connectivity index is 3.17. The third kappa shape index (κ3) is 2.62. The van der Waals surface area contributed by atoms with Crippen molar-refractivity contribution < 1.29 is 32.9 Å². The highest BCUT2D eigenvalue weighted by Crippen LogP contribution is 2.35. The van der Waals surface area contributed by atoms with Gasteiger partial charge in [0, 0.05) is 11.3 Å². The fourth-order valence-electron chi connectivity index (χ4n) is 1.42. The zero-order valence-electron chi connectivity index (χ0n) is 9.45. The summed E-state index contributed by atoms with van der Waals surface area (Å²) in [6.45, 7) is 1.23. The second-order valence-electron chi connectivity index (χ2n) is 3.52. The maximum Gasteiger partial charge on any atom is 0.435 e. The van der Waals surface area contributed by atoms with Crippen LogP contribution in [0.15, 0.2) is 0 Å². The number of carbonyl (C=O) groups excluding carboxylic acids is 1. The van der Waals surface area contributed by atoms with Crippen LogP contribution in [0.2, 0.25) is 0 Å². The van der Waals surface area contributed by atoms with Crippen LogP contribution in [0.25, 0.3) is 0 Å². The molecule has 0 amide bonds. The molecule has 18 heavy (non-hydrogen) atoms. The molecule has 0 aliphatic carbocycles. The van der Waals surface area contributed by atoms with Gasteiger partial charge >= 0.3 is 12.1 Å². The van der Waals surface area contributed by atoms with Crippen LogP contribution in [0, 0.1) is 6.92 Å². The first kappa shape index (κ1) is 14.5. The van der Waals surface area contributed by atoms with Gasteiger partial charge in [0.2, 0.25) is 0 Å². The Morgan fingerprint density at radius 3 is 2.44 bits per heavy atom. The van der Waals surface area contributed by atoms with Crippen molar-refractivity contribution in [3.05, 3.63) is 17.0 Å². The van der Waals surface area contributed by atoms with Crippen LogP contribution in [0.1, 0.15) is 23.1 Å². The summed E-state index contributed by atoms with van der Waals surface area (Å²) in [4.78, 5) is 11.0. The number of aromatic nitrogens is 2. The van der Waals surface area contributed by atoms with Gasteiger partial charge < -0.3 is 14.9 Å². The van der Waals surface area contributed by atoms with E-state index in [0.29, 0.717) is 0 Å². The molecular formula is C9H11F3N2O4. The van der Waals surface area contributed by atoms with Crippen LogP contribution >= 0.6 is 0 Å². The average Bonchev–Trinajstić information content (AvgIpc) is 2.67. The van der Waals surface area contributed by atoms with Gasteiger partial charge in [-0.25, -0.2) is 4.79 Å². The van der Waals surface area contributed by atoms with Gasteiger partial charge in [-0.05, 0) is 6.92 Å². The Kier molecular flexibility index (Phi) is 3.97. The molecule has 0 aliphatic heterocycles. The van der Waals surface area contributed by atoms with Gasteiger partial charge in [0.1, 0.15) is 6.10 Å². The molecule has 0 radical (unpaired) electrons. The van der Waals surface area contributed by atoms with Crippen LogP contribution in [0.5, 0.6) is 0 Å². The molecule has 0 spiro atoms. The summed E-state index contributed by atoms with van der Waals surface area (Å²) in [6.07, 6.45) is -9.00. The Morgan fingerprint density at radius 1 is 1.44 bits per heavy atom. The van der Waals surface area contributed by atoms with E-state index in [1.54, 1.807) is 0 Å². The lowest BCUT2D eigenvalue weighted by Crippen LogP contribution is -2.30. The number of nitrogens with zero attached hydrogens (tertiary/aromatic N) is 1. The van der Waals surface area contributed by atoms with Gasteiger partial charge in [-0.3, -0.25) is 5.10 Å². The zero-order chi connectivity index (χ0) is 14.1. The molecule has 9 heteroatoms. The van der Waals surface area contributed by atoms with E-state index < -0.39 is 35.6 Å². The van der Waals surface area contributed by atoms with E-state index in [2.05, 4.69) is 9.84 Å². The molecule has 0 saturated carbocycles. The lowest BCUT2D eigenvalue weighted by Gasteiger charge is -2.17. The van der Waals surface area contributed by atoms with Crippen LogP contribution in [-0.2, 0) is 15.7 Å². The molecule has 1 aromatic heterocycles. The SMILES string of the molecule is COC(=O)C(O)C(O)c1c(C(F)(F)F)n[nH]c1C. The lowest BCUT2D eigenvalue weighted by molar-refractivity contribution is -0.158. The molecule has 3 N–H and O–H groups in total. The van der Waals surface area contributed by atoms with Crippen molar-refractivity contribution in [2.24, 2.45) is 0 Å². The number of aliphatic hydroxyl groups is 2. The molecule has 6 nitrogen and oxygen atoms in total. The smallest absolute Gasteiger partial charge is 0.435 e. The molecule has 102 valence electrons. The van der Waals surface area contributed by atoms with Gasteiger partial charge in [0.15, 0.2) is 11.8 Å². The van der Waals surface area contributed by atoms with Crippen LogP contribution < -0.4 is 0 Å². The molecule has 0 fully saturated rings. The Labute approximate surface area is 99.4 Å². The first-order valence-corrected chi connectivity index (χ1v) is 4.76. The van der Waals surface area contributed by atoms with Crippen molar-refractivity contribution in [3.8, 4) is 0 Å².